The molecule has 1 fully saturated rings. The molecule has 5 heteroatoms. The standard InChI is InChI=1S/C18H26Cl2N2O/c1-13(14-6-9-21-10-7-14)11-18(23)22-8-2-3-15-4-5-16(19)12-17(15)20/h4-5,12-14,21H,2-3,6-11H2,1H3,(H,22,23). The highest BCUT2D eigenvalue weighted by Crippen LogP contribution is 2.24. The molecule has 23 heavy (non-hydrogen) atoms. The lowest BCUT2D eigenvalue weighted by molar-refractivity contribution is -0.122. The van der Waals surface area contributed by atoms with Crippen molar-refractivity contribution in [1.29, 1.82) is 0 Å². The van der Waals surface area contributed by atoms with Gasteiger partial charge < -0.3 is 10.6 Å². The van der Waals surface area contributed by atoms with Gasteiger partial charge in [-0.25, -0.2) is 0 Å². The Morgan fingerprint density at radius 1 is 1.35 bits per heavy atom. The van der Waals surface area contributed by atoms with Crippen molar-refractivity contribution in [3.63, 3.8) is 0 Å². The maximum absolute atomic E-state index is 12.0. The van der Waals surface area contributed by atoms with Crippen molar-refractivity contribution in [3.8, 4) is 0 Å². The van der Waals surface area contributed by atoms with Crippen LogP contribution < -0.4 is 10.6 Å². The lowest BCUT2D eigenvalue weighted by atomic mass is 9.84. The SMILES string of the molecule is CC(CC(=O)NCCCc1ccc(Cl)cc1Cl)C1CCNCC1. The van der Waals surface area contributed by atoms with Gasteiger partial charge in [-0.3, -0.25) is 4.79 Å². The van der Waals surface area contributed by atoms with E-state index >= 15 is 0 Å². The second kappa shape index (κ2) is 9.51. The van der Waals surface area contributed by atoms with Gasteiger partial charge in [-0.1, -0.05) is 36.2 Å². The molecule has 1 amide bonds. The minimum absolute atomic E-state index is 0.165. The minimum atomic E-state index is 0.165. The maximum Gasteiger partial charge on any atom is 0.220 e. The number of hydrogen-bond donors (Lipinski definition) is 2. The van der Waals surface area contributed by atoms with Crippen molar-refractivity contribution >= 4 is 29.1 Å². The Kier molecular flexibility index (Phi) is 7.68. The number of rotatable bonds is 7. The number of piperidine rings is 1. The predicted molar refractivity (Wildman–Crippen MR) is 97.2 cm³/mol. The van der Waals surface area contributed by atoms with Crippen LogP contribution in [0.2, 0.25) is 10.0 Å². The van der Waals surface area contributed by atoms with Crippen LogP contribution in [-0.4, -0.2) is 25.5 Å². The second-order valence-electron chi connectivity index (χ2n) is 6.46. The van der Waals surface area contributed by atoms with E-state index in [0.717, 1.165) is 31.5 Å². The van der Waals surface area contributed by atoms with E-state index in [4.69, 9.17) is 23.2 Å². The van der Waals surface area contributed by atoms with Gasteiger partial charge in [-0.15, -0.1) is 0 Å². The van der Waals surface area contributed by atoms with Crippen molar-refractivity contribution in [1.82, 2.24) is 10.6 Å². The molecule has 1 unspecified atom stereocenters. The van der Waals surface area contributed by atoms with E-state index in [1.54, 1.807) is 6.07 Å². The van der Waals surface area contributed by atoms with E-state index in [1.807, 2.05) is 12.1 Å². The highest BCUT2D eigenvalue weighted by Gasteiger charge is 2.21. The fourth-order valence-electron chi connectivity index (χ4n) is 3.18. The summed E-state index contributed by atoms with van der Waals surface area (Å²) in [5, 5.41) is 7.75. The van der Waals surface area contributed by atoms with E-state index in [0.29, 0.717) is 34.8 Å². The van der Waals surface area contributed by atoms with Crippen molar-refractivity contribution in [3.05, 3.63) is 33.8 Å². The van der Waals surface area contributed by atoms with Crippen molar-refractivity contribution in [2.24, 2.45) is 11.8 Å². The topological polar surface area (TPSA) is 41.1 Å². The summed E-state index contributed by atoms with van der Waals surface area (Å²) in [6.07, 6.45) is 4.73. The molecule has 0 radical (unpaired) electrons. The predicted octanol–water partition coefficient (Wildman–Crippen LogP) is 4.07. The summed E-state index contributed by atoms with van der Waals surface area (Å²) in [7, 11) is 0. The summed E-state index contributed by atoms with van der Waals surface area (Å²) in [6, 6.07) is 5.56. The Morgan fingerprint density at radius 2 is 2.09 bits per heavy atom. The number of carbonyl (C=O) groups is 1. The molecule has 0 bridgehead atoms. The van der Waals surface area contributed by atoms with Gasteiger partial charge >= 0.3 is 0 Å². The van der Waals surface area contributed by atoms with Crippen LogP contribution >= 0.6 is 23.2 Å². The number of hydrogen-bond acceptors (Lipinski definition) is 2. The van der Waals surface area contributed by atoms with Gasteiger partial charge in [0, 0.05) is 23.0 Å². The summed E-state index contributed by atoms with van der Waals surface area (Å²) >= 11 is 12.0. The molecule has 0 spiro atoms. The fraction of sp³-hybridized carbons (Fsp3) is 0.611. The lowest BCUT2D eigenvalue weighted by Crippen LogP contribution is -2.33. The largest absolute Gasteiger partial charge is 0.356 e. The fourth-order valence-corrected chi connectivity index (χ4v) is 3.68. The molecule has 1 aromatic carbocycles. The van der Waals surface area contributed by atoms with E-state index in [2.05, 4.69) is 17.6 Å². The van der Waals surface area contributed by atoms with Crippen LogP contribution in [0.4, 0.5) is 0 Å². The first-order valence-corrected chi connectivity index (χ1v) is 9.23. The third kappa shape index (κ3) is 6.33. The summed E-state index contributed by atoms with van der Waals surface area (Å²) < 4.78 is 0. The third-order valence-electron chi connectivity index (χ3n) is 4.66. The lowest BCUT2D eigenvalue weighted by Gasteiger charge is -2.27. The highest BCUT2D eigenvalue weighted by molar-refractivity contribution is 6.35. The van der Waals surface area contributed by atoms with Gasteiger partial charge in [0.05, 0.1) is 0 Å². The zero-order chi connectivity index (χ0) is 16.7. The van der Waals surface area contributed by atoms with E-state index in [9.17, 15) is 4.79 Å². The van der Waals surface area contributed by atoms with Crippen LogP contribution in [0.1, 0.15) is 38.2 Å². The van der Waals surface area contributed by atoms with Crippen molar-refractivity contribution in [2.75, 3.05) is 19.6 Å². The number of aryl methyl sites for hydroxylation is 1. The van der Waals surface area contributed by atoms with Gasteiger partial charge in [0.1, 0.15) is 0 Å². The van der Waals surface area contributed by atoms with Crippen LogP contribution in [-0.2, 0) is 11.2 Å². The average molecular weight is 357 g/mol. The van der Waals surface area contributed by atoms with Gasteiger partial charge in [0.2, 0.25) is 5.91 Å². The smallest absolute Gasteiger partial charge is 0.220 e. The summed E-state index contributed by atoms with van der Waals surface area (Å²) in [5.41, 5.74) is 1.08. The quantitative estimate of drug-likeness (QED) is 0.723. The van der Waals surface area contributed by atoms with Crippen LogP contribution in [0.15, 0.2) is 18.2 Å². The Bertz CT molecular complexity index is 516. The van der Waals surface area contributed by atoms with Crippen LogP contribution in [0, 0.1) is 11.8 Å². The van der Waals surface area contributed by atoms with Crippen LogP contribution in [0.25, 0.3) is 0 Å². The molecule has 1 aliphatic heterocycles. The third-order valence-corrected chi connectivity index (χ3v) is 5.24. The molecular formula is C18H26Cl2N2O. The van der Waals surface area contributed by atoms with E-state index in [-0.39, 0.29) is 5.91 Å². The average Bonchev–Trinajstić information content (AvgIpc) is 2.54. The van der Waals surface area contributed by atoms with Crippen molar-refractivity contribution in [2.45, 2.75) is 39.0 Å². The summed E-state index contributed by atoms with van der Waals surface area (Å²) in [6.45, 7) is 5.05. The number of amides is 1. The molecule has 2 N–H and O–H groups in total. The molecule has 1 atom stereocenters. The Labute approximate surface area is 149 Å². The summed E-state index contributed by atoms with van der Waals surface area (Å²) in [5.74, 6) is 1.30. The van der Waals surface area contributed by atoms with Gasteiger partial charge in [0.15, 0.2) is 0 Å². The number of nitrogens with one attached hydrogen (secondary N) is 2. The molecule has 1 saturated heterocycles. The molecule has 128 valence electrons. The molecule has 0 saturated carbocycles. The normalized spacial score (nSPS) is 17.0. The van der Waals surface area contributed by atoms with E-state index in [1.165, 1.54) is 12.8 Å². The highest BCUT2D eigenvalue weighted by atomic mass is 35.5. The minimum Gasteiger partial charge on any atom is -0.356 e. The second-order valence-corrected chi connectivity index (χ2v) is 7.30. The number of halogens is 2. The molecule has 1 aliphatic rings. The van der Waals surface area contributed by atoms with Gasteiger partial charge in [-0.2, -0.15) is 0 Å². The molecule has 0 aliphatic carbocycles. The maximum atomic E-state index is 12.0. The van der Waals surface area contributed by atoms with Gasteiger partial charge in [-0.05, 0) is 68.3 Å². The molecule has 3 nitrogen and oxygen atoms in total. The first-order chi connectivity index (χ1) is 11.1. The van der Waals surface area contributed by atoms with E-state index < -0.39 is 0 Å². The molecule has 1 heterocycles. The molecule has 0 aromatic heterocycles. The Balaban J connectivity index is 1.64. The monoisotopic (exact) mass is 356 g/mol. The zero-order valence-corrected chi connectivity index (χ0v) is 15.2. The van der Waals surface area contributed by atoms with Crippen LogP contribution in [0.5, 0.6) is 0 Å². The Hall–Kier alpha value is -0.770. The van der Waals surface area contributed by atoms with Crippen LogP contribution in [0.3, 0.4) is 0 Å². The summed E-state index contributed by atoms with van der Waals surface area (Å²) in [4.78, 5) is 12.0. The zero-order valence-electron chi connectivity index (χ0n) is 13.7. The number of benzene rings is 1. The first-order valence-electron chi connectivity index (χ1n) is 8.47. The van der Waals surface area contributed by atoms with Gasteiger partial charge in [0.25, 0.3) is 0 Å². The van der Waals surface area contributed by atoms with Crippen molar-refractivity contribution < 1.29 is 4.79 Å². The molecular weight excluding hydrogens is 331 g/mol. The number of carbonyl (C=O) groups excluding carboxylic acids is 1. The molecule has 2 rings (SSSR count). The molecule has 1 aromatic rings. The first kappa shape index (κ1) is 18.6. The Morgan fingerprint density at radius 3 is 2.78 bits per heavy atom.